The lowest BCUT2D eigenvalue weighted by Crippen LogP contribution is -2.34. The van der Waals surface area contributed by atoms with Crippen molar-refractivity contribution in [1.29, 1.82) is 0 Å². The Morgan fingerprint density at radius 2 is 2.08 bits per heavy atom. The van der Waals surface area contributed by atoms with Gasteiger partial charge in [-0.25, -0.2) is 4.79 Å². The Hall–Kier alpha value is -1.17. The molecule has 0 radical (unpaired) electrons. The maximum absolute atomic E-state index is 11.3. The molecule has 0 aliphatic rings. The molecule has 0 heterocycles. The molecular weight excluding hydrogens is 166 g/mol. The first-order valence-corrected chi connectivity index (χ1v) is 4.24. The molecule has 3 nitrogen and oxygen atoms in total. The van der Waals surface area contributed by atoms with Crippen molar-refractivity contribution in [2.75, 3.05) is 13.6 Å². The van der Waals surface area contributed by atoms with Crippen LogP contribution in [-0.2, 0) is 4.74 Å². The van der Waals surface area contributed by atoms with Crippen LogP contribution in [0.3, 0.4) is 0 Å². The van der Waals surface area contributed by atoms with E-state index in [2.05, 4.69) is 5.92 Å². The number of carbonyl (C=O) groups excluding carboxylic acids is 1. The zero-order valence-corrected chi connectivity index (χ0v) is 8.76. The average Bonchev–Trinajstić information content (AvgIpc) is 1.96. The van der Waals surface area contributed by atoms with E-state index in [-0.39, 0.29) is 6.09 Å². The van der Waals surface area contributed by atoms with E-state index in [1.165, 1.54) is 4.90 Å². The molecule has 0 N–H and O–H groups in total. The first-order chi connectivity index (χ1) is 5.87. The molecule has 0 saturated heterocycles. The summed E-state index contributed by atoms with van der Waals surface area (Å²) < 4.78 is 5.11. The van der Waals surface area contributed by atoms with Crippen LogP contribution in [0.2, 0.25) is 0 Å². The molecule has 13 heavy (non-hydrogen) atoms. The second-order valence-corrected chi connectivity index (χ2v) is 3.86. The summed E-state index contributed by atoms with van der Waals surface area (Å²) in [6.45, 7) is 6.03. The van der Waals surface area contributed by atoms with E-state index >= 15 is 0 Å². The molecule has 0 unspecified atom stereocenters. The lowest BCUT2D eigenvalue weighted by atomic mass is 10.2. The van der Waals surface area contributed by atoms with Crippen LogP contribution in [0, 0.1) is 12.3 Å². The normalized spacial score (nSPS) is 10.4. The van der Waals surface area contributed by atoms with Gasteiger partial charge in [0.25, 0.3) is 0 Å². The summed E-state index contributed by atoms with van der Waals surface area (Å²) in [5.41, 5.74) is -0.443. The van der Waals surface area contributed by atoms with E-state index in [9.17, 15) is 4.79 Å². The fourth-order valence-corrected chi connectivity index (χ4v) is 0.663. The van der Waals surface area contributed by atoms with Crippen LogP contribution in [0.1, 0.15) is 27.2 Å². The van der Waals surface area contributed by atoms with Crippen molar-refractivity contribution in [1.82, 2.24) is 4.90 Å². The third-order valence-electron chi connectivity index (χ3n) is 1.30. The number of nitrogens with zero attached hydrogens (tertiary/aromatic N) is 1. The van der Waals surface area contributed by atoms with Gasteiger partial charge >= 0.3 is 6.09 Å². The van der Waals surface area contributed by atoms with Gasteiger partial charge in [-0.2, -0.15) is 0 Å². The molecular formula is C10H17NO2. The number of carbonyl (C=O) groups is 1. The Bertz CT molecular complexity index is 210. The van der Waals surface area contributed by atoms with Crippen LogP contribution in [0.5, 0.6) is 0 Å². The molecule has 0 fully saturated rings. The highest BCUT2D eigenvalue weighted by atomic mass is 16.6. The highest BCUT2D eigenvalue weighted by Gasteiger charge is 2.18. The largest absolute Gasteiger partial charge is 0.444 e. The van der Waals surface area contributed by atoms with Crippen LogP contribution in [0.4, 0.5) is 4.79 Å². The Morgan fingerprint density at radius 1 is 1.54 bits per heavy atom. The van der Waals surface area contributed by atoms with Crippen LogP contribution in [0.25, 0.3) is 0 Å². The van der Waals surface area contributed by atoms with Gasteiger partial charge in [0, 0.05) is 20.0 Å². The van der Waals surface area contributed by atoms with Crippen LogP contribution in [-0.4, -0.2) is 30.2 Å². The smallest absolute Gasteiger partial charge is 0.410 e. The highest BCUT2D eigenvalue weighted by molar-refractivity contribution is 5.67. The van der Waals surface area contributed by atoms with Gasteiger partial charge in [-0.15, -0.1) is 12.3 Å². The fourth-order valence-electron chi connectivity index (χ4n) is 0.663. The predicted molar refractivity (Wildman–Crippen MR) is 52.3 cm³/mol. The summed E-state index contributed by atoms with van der Waals surface area (Å²) in [5, 5.41) is 0. The first kappa shape index (κ1) is 11.8. The van der Waals surface area contributed by atoms with Crippen molar-refractivity contribution < 1.29 is 9.53 Å². The molecule has 0 aliphatic carbocycles. The second-order valence-electron chi connectivity index (χ2n) is 3.86. The third-order valence-corrected chi connectivity index (χ3v) is 1.30. The number of amides is 1. The number of terminal acetylenes is 1. The van der Waals surface area contributed by atoms with Crippen molar-refractivity contribution in [2.45, 2.75) is 32.8 Å². The summed E-state index contributed by atoms with van der Waals surface area (Å²) in [4.78, 5) is 12.8. The van der Waals surface area contributed by atoms with Crippen molar-refractivity contribution in [2.24, 2.45) is 0 Å². The maximum atomic E-state index is 11.3. The van der Waals surface area contributed by atoms with Crippen molar-refractivity contribution in [3.8, 4) is 12.3 Å². The zero-order valence-electron chi connectivity index (χ0n) is 8.76. The van der Waals surface area contributed by atoms with Gasteiger partial charge in [-0.3, -0.25) is 0 Å². The fraction of sp³-hybridized carbons (Fsp3) is 0.700. The van der Waals surface area contributed by atoms with Crippen molar-refractivity contribution in [3.63, 3.8) is 0 Å². The summed E-state index contributed by atoms with van der Waals surface area (Å²) in [6, 6.07) is 0. The SMILES string of the molecule is C#CCCN(C)C(=O)OC(C)(C)C. The number of rotatable bonds is 2. The lowest BCUT2D eigenvalue weighted by molar-refractivity contribution is 0.0302. The Kier molecular flexibility index (Phi) is 4.33. The molecule has 0 aliphatic heterocycles. The van der Waals surface area contributed by atoms with E-state index in [1.807, 2.05) is 20.8 Å². The van der Waals surface area contributed by atoms with Crippen LogP contribution in [0.15, 0.2) is 0 Å². The minimum absolute atomic E-state index is 0.331. The van der Waals surface area contributed by atoms with Crippen LogP contribution < -0.4 is 0 Å². The summed E-state index contributed by atoms with van der Waals surface area (Å²) in [6.07, 6.45) is 5.30. The van der Waals surface area contributed by atoms with E-state index in [4.69, 9.17) is 11.2 Å². The van der Waals surface area contributed by atoms with Gasteiger partial charge in [0.1, 0.15) is 5.60 Å². The molecule has 1 amide bonds. The summed E-state index contributed by atoms with van der Waals surface area (Å²) >= 11 is 0. The summed E-state index contributed by atoms with van der Waals surface area (Å²) in [7, 11) is 1.67. The number of hydrogen-bond donors (Lipinski definition) is 0. The van der Waals surface area contributed by atoms with Crippen molar-refractivity contribution >= 4 is 6.09 Å². The molecule has 0 aromatic carbocycles. The molecule has 0 saturated carbocycles. The molecule has 0 aromatic rings. The molecule has 74 valence electrons. The van der Waals surface area contributed by atoms with Gasteiger partial charge in [-0.1, -0.05) is 0 Å². The van der Waals surface area contributed by atoms with Crippen molar-refractivity contribution in [3.05, 3.63) is 0 Å². The van der Waals surface area contributed by atoms with Gasteiger partial charge in [0.05, 0.1) is 0 Å². The molecule has 0 spiro atoms. The molecule has 0 bridgehead atoms. The number of hydrogen-bond acceptors (Lipinski definition) is 2. The zero-order chi connectivity index (χ0) is 10.5. The molecule has 0 aromatic heterocycles. The average molecular weight is 183 g/mol. The Labute approximate surface area is 80.1 Å². The monoisotopic (exact) mass is 183 g/mol. The minimum Gasteiger partial charge on any atom is -0.444 e. The van der Waals surface area contributed by atoms with Gasteiger partial charge in [-0.05, 0) is 20.8 Å². The van der Waals surface area contributed by atoms with E-state index in [0.717, 1.165) is 0 Å². The minimum atomic E-state index is -0.443. The first-order valence-electron chi connectivity index (χ1n) is 4.24. The Balaban J connectivity index is 3.91. The molecule has 0 atom stereocenters. The van der Waals surface area contributed by atoms with Crippen LogP contribution >= 0.6 is 0 Å². The maximum Gasteiger partial charge on any atom is 0.410 e. The Morgan fingerprint density at radius 3 is 2.46 bits per heavy atom. The topological polar surface area (TPSA) is 29.5 Å². The van der Waals surface area contributed by atoms with E-state index < -0.39 is 5.60 Å². The third kappa shape index (κ3) is 6.03. The quantitative estimate of drug-likeness (QED) is 0.612. The molecule has 3 heteroatoms. The second kappa shape index (κ2) is 4.76. The lowest BCUT2D eigenvalue weighted by Gasteiger charge is -2.24. The molecule has 0 rings (SSSR count). The van der Waals surface area contributed by atoms with Gasteiger partial charge in [0.2, 0.25) is 0 Å². The standard InChI is InChI=1S/C10H17NO2/c1-6-7-8-11(5)9(12)13-10(2,3)4/h1H,7-8H2,2-5H3. The number of ether oxygens (including phenoxy) is 1. The summed E-state index contributed by atoms with van der Waals surface area (Å²) in [5.74, 6) is 2.47. The van der Waals surface area contributed by atoms with Gasteiger partial charge in [0.15, 0.2) is 0 Å². The van der Waals surface area contributed by atoms with Gasteiger partial charge < -0.3 is 9.64 Å². The van der Waals surface area contributed by atoms with E-state index in [0.29, 0.717) is 13.0 Å². The predicted octanol–water partition coefficient (Wildman–Crippen LogP) is 1.88. The highest BCUT2D eigenvalue weighted by Crippen LogP contribution is 2.08. The van der Waals surface area contributed by atoms with E-state index in [1.54, 1.807) is 7.05 Å².